The molecule has 2 atom stereocenters. The maximum Gasteiger partial charge on any atom is 0.0112 e. The zero-order valence-corrected chi connectivity index (χ0v) is 13.1. The van der Waals surface area contributed by atoms with E-state index in [2.05, 4.69) is 50.1 Å². The molecule has 0 aromatic carbocycles. The molecule has 1 aliphatic rings. The molecule has 0 aliphatic heterocycles. The maximum absolute atomic E-state index is 3.47. The Morgan fingerprint density at radius 2 is 1.89 bits per heavy atom. The minimum absolute atomic E-state index is 0.734. The van der Waals surface area contributed by atoms with Gasteiger partial charge in [0.15, 0.2) is 0 Å². The maximum atomic E-state index is 3.47. The summed E-state index contributed by atoms with van der Waals surface area (Å²) < 4.78 is 0. The zero-order valence-electron chi connectivity index (χ0n) is 13.1. The minimum Gasteiger partial charge on any atom is -0.317 e. The van der Waals surface area contributed by atoms with Crippen LogP contribution in [0, 0.1) is 5.92 Å². The molecule has 18 heavy (non-hydrogen) atoms. The van der Waals surface area contributed by atoms with Gasteiger partial charge in [0.05, 0.1) is 0 Å². The van der Waals surface area contributed by atoms with Crippen molar-refractivity contribution in [2.45, 2.75) is 51.6 Å². The van der Waals surface area contributed by atoms with Crippen molar-refractivity contribution in [3.8, 4) is 0 Å². The van der Waals surface area contributed by atoms with Gasteiger partial charge < -0.3 is 10.2 Å². The molecule has 0 aromatic rings. The van der Waals surface area contributed by atoms with Crippen molar-refractivity contribution in [2.24, 2.45) is 5.92 Å². The van der Waals surface area contributed by atoms with Gasteiger partial charge in [-0.1, -0.05) is 20.3 Å². The highest BCUT2D eigenvalue weighted by atomic mass is 15.2. The van der Waals surface area contributed by atoms with E-state index in [-0.39, 0.29) is 0 Å². The lowest BCUT2D eigenvalue weighted by Crippen LogP contribution is -2.46. The van der Waals surface area contributed by atoms with E-state index >= 15 is 0 Å². The molecule has 1 rings (SSSR count). The monoisotopic (exact) mass is 255 g/mol. The zero-order chi connectivity index (χ0) is 13.5. The van der Waals surface area contributed by atoms with Crippen LogP contribution >= 0.6 is 0 Å². The standard InChI is InChI=1S/C15H33N3/c1-13(2)12-18(10-9-17(4)5)15-8-6-7-14(11-15)16-3/h13-16H,6-12H2,1-5H3. The topological polar surface area (TPSA) is 18.5 Å². The van der Waals surface area contributed by atoms with Crippen LogP contribution < -0.4 is 5.32 Å². The van der Waals surface area contributed by atoms with Crippen LogP contribution in [0.5, 0.6) is 0 Å². The highest BCUT2D eigenvalue weighted by molar-refractivity contribution is 4.84. The Balaban J connectivity index is 2.51. The van der Waals surface area contributed by atoms with Gasteiger partial charge >= 0.3 is 0 Å². The molecule has 0 saturated heterocycles. The minimum atomic E-state index is 0.734. The van der Waals surface area contributed by atoms with Crippen molar-refractivity contribution in [3.05, 3.63) is 0 Å². The van der Waals surface area contributed by atoms with E-state index in [0.29, 0.717) is 0 Å². The van der Waals surface area contributed by atoms with Gasteiger partial charge in [-0.05, 0) is 46.3 Å². The van der Waals surface area contributed by atoms with Gasteiger partial charge in [0, 0.05) is 31.7 Å². The van der Waals surface area contributed by atoms with Gasteiger partial charge in [-0.2, -0.15) is 0 Å². The van der Waals surface area contributed by atoms with E-state index in [1.54, 1.807) is 0 Å². The van der Waals surface area contributed by atoms with Crippen LogP contribution in [0.3, 0.4) is 0 Å². The third-order valence-corrected chi connectivity index (χ3v) is 4.01. The molecule has 0 radical (unpaired) electrons. The third-order valence-electron chi connectivity index (χ3n) is 4.01. The van der Waals surface area contributed by atoms with Gasteiger partial charge in [-0.3, -0.25) is 4.90 Å². The molecule has 0 bridgehead atoms. The summed E-state index contributed by atoms with van der Waals surface area (Å²) in [5.74, 6) is 0.766. The Morgan fingerprint density at radius 3 is 2.44 bits per heavy atom. The van der Waals surface area contributed by atoms with Crippen molar-refractivity contribution in [2.75, 3.05) is 40.8 Å². The number of hydrogen-bond donors (Lipinski definition) is 1. The first-order valence-electron chi connectivity index (χ1n) is 7.59. The molecule has 1 fully saturated rings. The van der Waals surface area contributed by atoms with Gasteiger partial charge in [0.2, 0.25) is 0 Å². The Morgan fingerprint density at radius 1 is 1.17 bits per heavy atom. The quantitative estimate of drug-likeness (QED) is 0.751. The summed E-state index contributed by atoms with van der Waals surface area (Å²) in [6.07, 6.45) is 5.46. The van der Waals surface area contributed by atoms with Crippen LogP contribution in [0.25, 0.3) is 0 Å². The lowest BCUT2D eigenvalue weighted by molar-refractivity contribution is 0.118. The predicted octanol–water partition coefficient (Wildman–Crippen LogP) is 2.04. The molecule has 108 valence electrons. The van der Waals surface area contributed by atoms with Gasteiger partial charge in [0.25, 0.3) is 0 Å². The second-order valence-corrected chi connectivity index (χ2v) is 6.50. The number of rotatable bonds is 7. The highest BCUT2D eigenvalue weighted by Gasteiger charge is 2.26. The van der Waals surface area contributed by atoms with E-state index in [0.717, 1.165) is 18.0 Å². The molecule has 3 nitrogen and oxygen atoms in total. The third kappa shape index (κ3) is 5.68. The van der Waals surface area contributed by atoms with Crippen molar-refractivity contribution in [1.29, 1.82) is 0 Å². The van der Waals surface area contributed by atoms with Crippen LogP contribution in [0.4, 0.5) is 0 Å². The predicted molar refractivity (Wildman–Crippen MR) is 80.1 cm³/mol. The number of nitrogens with zero attached hydrogens (tertiary/aromatic N) is 2. The number of hydrogen-bond acceptors (Lipinski definition) is 3. The second-order valence-electron chi connectivity index (χ2n) is 6.50. The van der Waals surface area contributed by atoms with E-state index in [9.17, 15) is 0 Å². The molecule has 0 heterocycles. The van der Waals surface area contributed by atoms with Gasteiger partial charge in [-0.25, -0.2) is 0 Å². The van der Waals surface area contributed by atoms with Crippen molar-refractivity contribution in [3.63, 3.8) is 0 Å². The van der Waals surface area contributed by atoms with E-state index < -0.39 is 0 Å². The molecule has 1 N–H and O–H groups in total. The largest absolute Gasteiger partial charge is 0.317 e. The highest BCUT2D eigenvalue weighted by Crippen LogP contribution is 2.23. The Kier molecular flexibility index (Phi) is 7.20. The SMILES string of the molecule is CNC1CCCC(N(CCN(C)C)CC(C)C)C1. The Labute approximate surface area is 114 Å². The molecule has 0 aromatic heterocycles. The molecular formula is C15H33N3. The lowest BCUT2D eigenvalue weighted by atomic mass is 9.89. The van der Waals surface area contributed by atoms with Crippen LogP contribution in [-0.2, 0) is 0 Å². The van der Waals surface area contributed by atoms with Crippen LogP contribution in [0.2, 0.25) is 0 Å². The summed E-state index contributed by atoms with van der Waals surface area (Å²) >= 11 is 0. The van der Waals surface area contributed by atoms with Gasteiger partial charge in [0.1, 0.15) is 0 Å². The van der Waals surface area contributed by atoms with Crippen LogP contribution in [0.15, 0.2) is 0 Å². The first-order valence-corrected chi connectivity index (χ1v) is 7.59. The molecule has 3 heteroatoms. The molecular weight excluding hydrogens is 222 g/mol. The number of nitrogens with one attached hydrogen (secondary N) is 1. The normalized spacial score (nSPS) is 25.3. The summed E-state index contributed by atoms with van der Waals surface area (Å²) in [5.41, 5.74) is 0. The lowest BCUT2D eigenvalue weighted by Gasteiger charge is -2.39. The van der Waals surface area contributed by atoms with Crippen molar-refractivity contribution < 1.29 is 0 Å². The van der Waals surface area contributed by atoms with E-state index in [1.165, 1.54) is 45.3 Å². The second kappa shape index (κ2) is 8.13. The fourth-order valence-corrected chi connectivity index (χ4v) is 2.98. The molecule has 0 spiro atoms. The summed E-state index contributed by atoms with van der Waals surface area (Å²) in [6, 6.07) is 1.52. The van der Waals surface area contributed by atoms with Crippen LogP contribution in [0.1, 0.15) is 39.5 Å². The Hall–Kier alpha value is -0.120. The summed E-state index contributed by atoms with van der Waals surface area (Å²) in [6.45, 7) is 8.30. The molecule has 2 unspecified atom stereocenters. The summed E-state index contributed by atoms with van der Waals surface area (Å²) in [7, 11) is 6.45. The van der Waals surface area contributed by atoms with E-state index in [4.69, 9.17) is 0 Å². The molecule has 0 amide bonds. The fourth-order valence-electron chi connectivity index (χ4n) is 2.98. The van der Waals surface area contributed by atoms with Gasteiger partial charge in [-0.15, -0.1) is 0 Å². The Bertz CT molecular complexity index is 216. The summed E-state index contributed by atoms with van der Waals surface area (Å²) in [4.78, 5) is 5.03. The van der Waals surface area contributed by atoms with Crippen molar-refractivity contribution >= 4 is 0 Å². The van der Waals surface area contributed by atoms with Crippen molar-refractivity contribution in [1.82, 2.24) is 15.1 Å². The van der Waals surface area contributed by atoms with E-state index in [1.807, 2.05) is 0 Å². The first-order chi connectivity index (χ1) is 8.52. The fraction of sp³-hybridized carbons (Fsp3) is 1.00. The average Bonchev–Trinajstić information content (AvgIpc) is 2.34. The molecule has 1 saturated carbocycles. The number of likely N-dealkylation sites (N-methyl/N-ethyl adjacent to an activating group) is 1. The smallest absolute Gasteiger partial charge is 0.0112 e. The summed E-state index contributed by atoms with van der Waals surface area (Å²) in [5, 5.41) is 3.47. The van der Waals surface area contributed by atoms with Crippen LogP contribution in [-0.4, -0.2) is 62.7 Å². The first kappa shape index (κ1) is 15.9. The molecule has 1 aliphatic carbocycles. The average molecular weight is 255 g/mol.